The lowest BCUT2D eigenvalue weighted by molar-refractivity contribution is 0.353. The Bertz CT molecular complexity index is 1380. The summed E-state index contributed by atoms with van der Waals surface area (Å²) >= 11 is 0. The predicted octanol–water partition coefficient (Wildman–Crippen LogP) is 5.95. The molecule has 0 saturated carbocycles. The SMILES string of the molecule is COc1ccc([C@@H](c2cc(OC)c(OC)cc2P(c2ccccc2)c2ccccc2)N(C)S(=O)C(C)(C)C)cc1. The molecule has 210 valence electrons. The number of rotatable bonds is 10. The van der Waals surface area contributed by atoms with Crippen LogP contribution in [0.5, 0.6) is 17.2 Å². The second kappa shape index (κ2) is 13.0. The van der Waals surface area contributed by atoms with Gasteiger partial charge in [0.15, 0.2) is 11.5 Å². The Morgan fingerprint density at radius 2 is 1.23 bits per heavy atom. The summed E-state index contributed by atoms with van der Waals surface area (Å²) < 4.78 is 32.5. The zero-order chi connectivity index (χ0) is 28.9. The highest BCUT2D eigenvalue weighted by atomic mass is 32.2. The van der Waals surface area contributed by atoms with Crippen molar-refractivity contribution in [2.45, 2.75) is 31.6 Å². The molecule has 0 aliphatic heterocycles. The van der Waals surface area contributed by atoms with Crippen molar-refractivity contribution in [2.24, 2.45) is 0 Å². The van der Waals surface area contributed by atoms with Crippen molar-refractivity contribution >= 4 is 34.8 Å². The van der Waals surface area contributed by atoms with Crippen molar-refractivity contribution in [3.63, 3.8) is 0 Å². The highest BCUT2D eigenvalue weighted by molar-refractivity contribution is 7.84. The topological polar surface area (TPSA) is 48.0 Å². The molecule has 0 aliphatic rings. The Hall–Kier alpha value is -3.18. The molecule has 0 N–H and O–H groups in total. The van der Waals surface area contributed by atoms with Gasteiger partial charge in [-0.05, 0) is 80.0 Å². The molecule has 0 fully saturated rings. The fourth-order valence-electron chi connectivity index (χ4n) is 4.78. The number of nitrogens with zero attached hydrogens (tertiary/aromatic N) is 1. The van der Waals surface area contributed by atoms with Crippen molar-refractivity contribution in [1.82, 2.24) is 4.31 Å². The van der Waals surface area contributed by atoms with Gasteiger partial charge in [-0.3, -0.25) is 0 Å². The molecule has 0 aromatic heterocycles. The van der Waals surface area contributed by atoms with Crippen LogP contribution in [0, 0.1) is 0 Å². The molecule has 40 heavy (non-hydrogen) atoms. The predicted molar refractivity (Wildman–Crippen MR) is 169 cm³/mol. The molecule has 1 unspecified atom stereocenters. The van der Waals surface area contributed by atoms with Crippen molar-refractivity contribution in [3.05, 3.63) is 108 Å². The summed E-state index contributed by atoms with van der Waals surface area (Å²) in [6, 6.07) is 32.9. The molecule has 0 spiro atoms. The summed E-state index contributed by atoms with van der Waals surface area (Å²) in [6.07, 6.45) is 0. The minimum absolute atomic E-state index is 0.335. The lowest BCUT2D eigenvalue weighted by Gasteiger charge is -2.35. The highest BCUT2D eigenvalue weighted by Crippen LogP contribution is 2.43. The quantitative estimate of drug-likeness (QED) is 0.219. The molecule has 0 saturated heterocycles. The van der Waals surface area contributed by atoms with Crippen LogP contribution in [0.15, 0.2) is 97.1 Å². The summed E-state index contributed by atoms with van der Waals surface area (Å²) in [5.41, 5.74) is 2.02. The maximum Gasteiger partial charge on any atom is 0.161 e. The van der Waals surface area contributed by atoms with Gasteiger partial charge in [-0.2, -0.15) is 0 Å². The van der Waals surface area contributed by atoms with Gasteiger partial charge in [0.05, 0.1) is 32.1 Å². The first-order chi connectivity index (χ1) is 19.2. The molecule has 2 atom stereocenters. The highest BCUT2D eigenvalue weighted by Gasteiger charge is 2.34. The molecule has 0 radical (unpaired) electrons. The van der Waals surface area contributed by atoms with Gasteiger partial charge in [-0.25, -0.2) is 8.51 Å². The van der Waals surface area contributed by atoms with Crippen LogP contribution >= 0.6 is 7.92 Å². The Kier molecular flexibility index (Phi) is 9.68. The van der Waals surface area contributed by atoms with Crippen molar-refractivity contribution < 1.29 is 18.4 Å². The van der Waals surface area contributed by atoms with Crippen LogP contribution in [0.25, 0.3) is 0 Å². The average molecular weight is 576 g/mol. The molecule has 7 heteroatoms. The Balaban J connectivity index is 2.07. The van der Waals surface area contributed by atoms with Gasteiger partial charge in [-0.1, -0.05) is 72.8 Å². The van der Waals surface area contributed by atoms with Crippen LogP contribution in [-0.4, -0.2) is 41.6 Å². The third-order valence-electron chi connectivity index (χ3n) is 6.68. The molecule has 4 aromatic carbocycles. The summed E-state index contributed by atoms with van der Waals surface area (Å²) in [4.78, 5) is 0. The van der Waals surface area contributed by atoms with Crippen LogP contribution in [-0.2, 0) is 11.0 Å². The smallest absolute Gasteiger partial charge is 0.161 e. The van der Waals surface area contributed by atoms with E-state index in [4.69, 9.17) is 14.2 Å². The third kappa shape index (κ3) is 6.41. The molecular weight excluding hydrogens is 537 g/mol. The zero-order valence-corrected chi connectivity index (χ0v) is 26.0. The van der Waals surface area contributed by atoms with E-state index in [1.807, 2.05) is 68.5 Å². The summed E-state index contributed by atoms with van der Waals surface area (Å²) in [6.45, 7) is 6.00. The van der Waals surface area contributed by atoms with E-state index >= 15 is 0 Å². The van der Waals surface area contributed by atoms with Crippen LogP contribution in [0.3, 0.4) is 0 Å². The van der Waals surface area contributed by atoms with E-state index in [9.17, 15) is 4.21 Å². The van der Waals surface area contributed by atoms with E-state index < -0.39 is 23.7 Å². The number of methoxy groups -OCH3 is 3. The van der Waals surface area contributed by atoms with Gasteiger partial charge >= 0.3 is 0 Å². The van der Waals surface area contributed by atoms with E-state index in [-0.39, 0.29) is 6.04 Å². The van der Waals surface area contributed by atoms with Gasteiger partial charge < -0.3 is 14.2 Å². The number of benzene rings is 4. The Morgan fingerprint density at radius 3 is 1.68 bits per heavy atom. The third-order valence-corrected chi connectivity index (χ3v) is 11.0. The number of hydrogen-bond acceptors (Lipinski definition) is 4. The Morgan fingerprint density at radius 1 is 0.725 bits per heavy atom. The van der Waals surface area contributed by atoms with Gasteiger partial charge in [0.25, 0.3) is 0 Å². The largest absolute Gasteiger partial charge is 0.497 e. The minimum Gasteiger partial charge on any atom is -0.497 e. The van der Waals surface area contributed by atoms with E-state index in [2.05, 4.69) is 60.7 Å². The van der Waals surface area contributed by atoms with Crippen LogP contribution in [0.4, 0.5) is 0 Å². The molecule has 0 heterocycles. The van der Waals surface area contributed by atoms with E-state index in [0.29, 0.717) is 11.5 Å². The standard InChI is InChI=1S/C33H38NO4PS/c1-33(2,3)40(35)34(4)32(24-18-20-25(36-5)21-19-24)28-22-29(37-6)30(38-7)23-31(28)39(26-14-10-8-11-15-26)27-16-12-9-13-17-27/h8-23,32H,1-7H3/t32-,40?/m0/s1. The zero-order valence-electron chi connectivity index (χ0n) is 24.3. The molecule has 0 amide bonds. The van der Waals surface area contributed by atoms with Gasteiger partial charge in [0.1, 0.15) is 16.7 Å². The second-order valence-electron chi connectivity index (χ2n) is 10.4. The molecule has 0 bridgehead atoms. The molecule has 5 nitrogen and oxygen atoms in total. The number of ether oxygens (including phenoxy) is 3. The summed E-state index contributed by atoms with van der Waals surface area (Å²) in [7, 11) is 4.60. The summed E-state index contributed by atoms with van der Waals surface area (Å²) in [5.74, 6) is 2.06. The molecular formula is C33H38NO4PS. The van der Waals surface area contributed by atoms with E-state index in [1.54, 1.807) is 21.3 Å². The van der Waals surface area contributed by atoms with Gasteiger partial charge in [0, 0.05) is 7.05 Å². The number of hydrogen-bond donors (Lipinski definition) is 0. The minimum atomic E-state index is -1.31. The maximum absolute atomic E-state index is 13.9. The average Bonchev–Trinajstić information content (AvgIpc) is 2.98. The fraction of sp³-hybridized carbons (Fsp3) is 0.273. The first-order valence-electron chi connectivity index (χ1n) is 13.1. The summed E-state index contributed by atoms with van der Waals surface area (Å²) in [5, 5.41) is 3.54. The van der Waals surface area contributed by atoms with E-state index in [1.165, 1.54) is 10.6 Å². The van der Waals surface area contributed by atoms with Crippen molar-refractivity contribution in [3.8, 4) is 17.2 Å². The van der Waals surface area contributed by atoms with Crippen molar-refractivity contribution in [2.75, 3.05) is 28.4 Å². The van der Waals surface area contributed by atoms with E-state index in [0.717, 1.165) is 22.2 Å². The van der Waals surface area contributed by atoms with Crippen LogP contribution < -0.4 is 30.1 Å². The first kappa shape index (κ1) is 29.8. The lowest BCUT2D eigenvalue weighted by atomic mass is 9.98. The molecule has 0 aliphatic carbocycles. The molecule has 4 aromatic rings. The maximum atomic E-state index is 13.9. The Labute approximate surface area is 242 Å². The molecule has 4 rings (SSSR count). The fourth-order valence-corrected chi connectivity index (χ4v) is 8.55. The normalized spacial score (nSPS) is 13.2. The van der Waals surface area contributed by atoms with Gasteiger partial charge in [0.2, 0.25) is 0 Å². The monoisotopic (exact) mass is 575 g/mol. The van der Waals surface area contributed by atoms with Crippen LogP contribution in [0.1, 0.15) is 37.9 Å². The first-order valence-corrected chi connectivity index (χ1v) is 15.6. The van der Waals surface area contributed by atoms with Crippen LogP contribution in [0.2, 0.25) is 0 Å². The lowest BCUT2D eigenvalue weighted by Crippen LogP contribution is -2.39. The van der Waals surface area contributed by atoms with Gasteiger partial charge in [-0.15, -0.1) is 0 Å². The second-order valence-corrected chi connectivity index (χ2v) is 14.8. The van der Waals surface area contributed by atoms with Crippen molar-refractivity contribution in [1.29, 1.82) is 0 Å².